The number of hydrogen-bond acceptors (Lipinski definition) is 3. The lowest BCUT2D eigenvalue weighted by atomic mass is 10.0. The summed E-state index contributed by atoms with van der Waals surface area (Å²) < 4.78 is 5.50. The molecule has 0 saturated heterocycles. The highest BCUT2D eigenvalue weighted by atomic mass is 16.4. The SMILES string of the molecule is C[C@H]1Cc2ccccc2N1Cc1cc(=O)oc2ccc3ccccc3c12. The molecule has 0 bridgehead atoms. The maximum Gasteiger partial charge on any atom is 0.336 e. The van der Waals surface area contributed by atoms with E-state index in [9.17, 15) is 4.79 Å². The minimum Gasteiger partial charge on any atom is -0.423 e. The van der Waals surface area contributed by atoms with Crippen molar-refractivity contribution >= 4 is 27.4 Å². The van der Waals surface area contributed by atoms with Crippen LogP contribution in [0.1, 0.15) is 18.1 Å². The van der Waals surface area contributed by atoms with Crippen LogP contribution in [-0.2, 0) is 13.0 Å². The monoisotopic (exact) mass is 341 g/mol. The van der Waals surface area contributed by atoms with E-state index < -0.39 is 0 Å². The molecule has 1 atom stereocenters. The van der Waals surface area contributed by atoms with Crippen molar-refractivity contribution in [3.05, 3.63) is 88.3 Å². The van der Waals surface area contributed by atoms with Crippen molar-refractivity contribution in [3.63, 3.8) is 0 Å². The zero-order valence-corrected chi connectivity index (χ0v) is 14.6. The first kappa shape index (κ1) is 15.2. The molecule has 5 rings (SSSR count). The van der Waals surface area contributed by atoms with E-state index in [0.717, 1.165) is 28.1 Å². The molecule has 1 aliphatic heterocycles. The molecule has 0 radical (unpaired) electrons. The Bertz CT molecular complexity index is 1190. The van der Waals surface area contributed by atoms with Crippen molar-refractivity contribution < 1.29 is 4.42 Å². The Hall–Kier alpha value is -3.07. The van der Waals surface area contributed by atoms with Gasteiger partial charge in [0, 0.05) is 29.7 Å². The summed E-state index contributed by atoms with van der Waals surface area (Å²) in [5, 5.41) is 3.33. The van der Waals surface area contributed by atoms with E-state index in [1.807, 2.05) is 24.3 Å². The molecule has 2 heterocycles. The Morgan fingerprint density at radius 1 is 1.04 bits per heavy atom. The molecule has 1 aromatic heterocycles. The second-order valence-electron chi connectivity index (χ2n) is 7.06. The third-order valence-corrected chi connectivity index (χ3v) is 5.40. The largest absolute Gasteiger partial charge is 0.423 e. The lowest BCUT2D eigenvalue weighted by molar-refractivity contribution is 0.558. The molecule has 0 fully saturated rings. The predicted octanol–water partition coefficient (Wildman–Crippen LogP) is 4.90. The van der Waals surface area contributed by atoms with E-state index in [0.29, 0.717) is 18.2 Å². The summed E-state index contributed by atoms with van der Waals surface area (Å²) in [4.78, 5) is 14.6. The van der Waals surface area contributed by atoms with Crippen molar-refractivity contribution in [1.82, 2.24) is 0 Å². The first-order valence-corrected chi connectivity index (χ1v) is 9.00. The van der Waals surface area contributed by atoms with Gasteiger partial charge < -0.3 is 9.32 Å². The fraction of sp³-hybridized carbons (Fsp3) is 0.174. The van der Waals surface area contributed by atoms with Crippen molar-refractivity contribution in [2.24, 2.45) is 0 Å². The third-order valence-electron chi connectivity index (χ3n) is 5.40. The number of hydrogen-bond donors (Lipinski definition) is 0. The highest BCUT2D eigenvalue weighted by Gasteiger charge is 2.26. The van der Waals surface area contributed by atoms with Crippen LogP contribution in [-0.4, -0.2) is 6.04 Å². The first-order valence-electron chi connectivity index (χ1n) is 9.00. The van der Waals surface area contributed by atoms with Gasteiger partial charge in [0.15, 0.2) is 0 Å². The number of fused-ring (bicyclic) bond motifs is 4. The number of anilines is 1. The lowest BCUT2D eigenvalue weighted by Crippen LogP contribution is -2.29. The molecule has 0 saturated carbocycles. The van der Waals surface area contributed by atoms with Gasteiger partial charge in [-0.2, -0.15) is 0 Å². The van der Waals surface area contributed by atoms with Crippen LogP contribution in [0, 0.1) is 0 Å². The van der Waals surface area contributed by atoms with Gasteiger partial charge >= 0.3 is 5.63 Å². The standard InChI is InChI=1S/C23H19NO2/c1-15-12-17-7-3-5-9-20(17)24(15)14-18-13-22(25)26-21-11-10-16-6-2-4-8-19(16)23(18)21/h2-11,13,15H,12,14H2,1H3/t15-/m0/s1. The molecule has 3 nitrogen and oxygen atoms in total. The van der Waals surface area contributed by atoms with Gasteiger partial charge in [0.25, 0.3) is 0 Å². The molecular weight excluding hydrogens is 322 g/mol. The van der Waals surface area contributed by atoms with Gasteiger partial charge in [-0.3, -0.25) is 0 Å². The number of para-hydroxylation sites is 1. The summed E-state index contributed by atoms with van der Waals surface area (Å²) in [6.45, 7) is 2.94. The number of nitrogens with zero attached hydrogens (tertiary/aromatic N) is 1. The fourth-order valence-electron chi connectivity index (χ4n) is 4.20. The van der Waals surface area contributed by atoms with E-state index in [2.05, 4.69) is 48.2 Å². The van der Waals surface area contributed by atoms with Crippen LogP contribution in [0.2, 0.25) is 0 Å². The Kier molecular flexibility index (Phi) is 3.35. The summed E-state index contributed by atoms with van der Waals surface area (Å²) in [6.07, 6.45) is 1.04. The smallest absolute Gasteiger partial charge is 0.336 e. The van der Waals surface area contributed by atoms with Gasteiger partial charge in [-0.15, -0.1) is 0 Å². The van der Waals surface area contributed by atoms with E-state index >= 15 is 0 Å². The van der Waals surface area contributed by atoms with Crippen LogP contribution in [0.5, 0.6) is 0 Å². The summed E-state index contributed by atoms with van der Waals surface area (Å²) in [7, 11) is 0. The molecule has 0 N–H and O–H groups in total. The molecule has 0 spiro atoms. The molecule has 3 heteroatoms. The van der Waals surface area contributed by atoms with E-state index in [-0.39, 0.29) is 5.63 Å². The van der Waals surface area contributed by atoms with Crippen LogP contribution in [0.4, 0.5) is 5.69 Å². The summed E-state index contributed by atoms with van der Waals surface area (Å²) >= 11 is 0. The molecular formula is C23H19NO2. The molecule has 4 aromatic rings. The minimum atomic E-state index is -0.289. The van der Waals surface area contributed by atoms with Gasteiger partial charge in [-0.25, -0.2) is 4.79 Å². The van der Waals surface area contributed by atoms with Gasteiger partial charge in [-0.1, -0.05) is 48.5 Å². The summed E-state index contributed by atoms with van der Waals surface area (Å²) in [5.41, 5.74) is 4.03. The third kappa shape index (κ3) is 2.31. The van der Waals surface area contributed by atoms with Gasteiger partial charge in [0.2, 0.25) is 0 Å². The number of rotatable bonds is 2. The van der Waals surface area contributed by atoms with Crippen molar-refractivity contribution in [2.75, 3.05) is 4.90 Å². The molecule has 128 valence electrons. The van der Waals surface area contributed by atoms with Crippen LogP contribution in [0.25, 0.3) is 21.7 Å². The van der Waals surface area contributed by atoms with Crippen molar-refractivity contribution in [3.8, 4) is 0 Å². The second kappa shape index (κ2) is 5.73. The summed E-state index contributed by atoms with van der Waals surface area (Å²) in [5.74, 6) is 0. The highest BCUT2D eigenvalue weighted by molar-refractivity contribution is 6.07. The molecule has 0 amide bonds. The quantitative estimate of drug-likeness (QED) is 0.384. The van der Waals surface area contributed by atoms with Crippen molar-refractivity contribution in [1.29, 1.82) is 0 Å². The average molecular weight is 341 g/mol. The topological polar surface area (TPSA) is 33.5 Å². The minimum absolute atomic E-state index is 0.289. The zero-order chi connectivity index (χ0) is 17.7. The maximum absolute atomic E-state index is 12.2. The molecule has 1 aliphatic rings. The molecule has 26 heavy (non-hydrogen) atoms. The zero-order valence-electron chi connectivity index (χ0n) is 14.6. The maximum atomic E-state index is 12.2. The molecule has 0 aliphatic carbocycles. The average Bonchev–Trinajstić information content (AvgIpc) is 2.96. The lowest BCUT2D eigenvalue weighted by Gasteiger charge is -2.25. The Balaban J connectivity index is 1.72. The normalized spacial score (nSPS) is 16.3. The Morgan fingerprint density at radius 3 is 2.77 bits per heavy atom. The van der Waals surface area contributed by atoms with E-state index in [4.69, 9.17) is 4.42 Å². The molecule has 3 aromatic carbocycles. The first-order chi connectivity index (χ1) is 12.7. The van der Waals surface area contributed by atoms with E-state index in [1.165, 1.54) is 11.3 Å². The van der Waals surface area contributed by atoms with Gasteiger partial charge in [0.1, 0.15) is 5.58 Å². The molecule has 0 unspecified atom stereocenters. The van der Waals surface area contributed by atoms with Gasteiger partial charge in [-0.05, 0) is 47.4 Å². The fourth-order valence-corrected chi connectivity index (χ4v) is 4.20. The Labute approximate surface area is 151 Å². The van der Waals surface area contributed by atoms with Crippen LogP contribution in [0.15, 0.2) is 75.9 Å². The predicted molar refractivity (Wildman–Crippen MR) is 106 cm³/mol. The Morgan fingerprint density at radius 2 is 1.85 bits per heavy atom. The van der Waals surface area contributed by atoms with Crippen LogP contribution >= 0.6 is 0 Å². The van der Waals surface area contributed by atoms with E-state index in [1.54, 1.807) is 6.07 Å². The van der Waals surface area contributed by atoms with Crippen LogP contribution < -0.4 is 10.5 Å². The van der Waals surface area contributed by atoms with Crippen LogP contribution in [0.3, 0.4) is 0 Å². The van der Waals surface area contributed by atoms with Gasteiger partial charge in [0.05, 0.1) is 0 Å². The summed E-state index contributed by atoms with van der Waals surface area (Å²) in [6, 6.07) is 22.8. The number of benzene rings is 3. The second-order valence-corrected chi connectivity index (χ2v) is 7.06. The van der Waals surface area contributed by atoms with Crippen molar-refractivity contribution in [2.45, 2.75) is 25.9 Å². The highest BCUT2D eigenvalue weighted by Crippen LogP contribution is 2.35.